The van der Waals surface area contributed by atoms with Crippen LogP contribution in [0.2, 0.25) is 0 Å². The number of ether oxygens (including phenoxy) is 1. The van der Waals surface area contributed by atoms with E-state index < -0.39 is 35.0 Å². The van der Waals surface area contributed by atoms with Crippen LogP contribution < -0.4 is 5.56 Å². The number of nitrogens with zero attached hydrogens (tertiary/aromatic N) is 2. The third-order valence-corrected chi connectivity index (χ3v) is 5.50. The second kappa shape index (κ2) is 6.95. The van der Waals surface area contributed by atoms with Gasteiger partial charge in [0.2, 0.25) is 0 Å². The van der Waals surface area contributed by atoms with Gasteiger partial charge in [0.05, 0.1) is 30.8 Å². The van der Waals surface area contributed by atoms with E-state index in [0.717, 1.165) is 18.3 Å². The maximum absolute atomic E-state index is 14.0. The number of aromatic nitrogens is 3. The highest BCUT2D eigenvalue weighted by atomic mass is 19.2. The van der Waals surface area contributed by atoms with Crippen LogP contribution >= 0.6 is 0 Å². The van der Waals surface area contributed by atoms with Gasteiger partial charge in [-0.2, -0.15) is 0 Å². The Hall–Kier alpha value is -3.66. The fourth-order valence-corrected chi connectivity index (χ4v) is 3.98. The van der Waals surface area contributed by atoms with Crippen molar-refractivity contribution in [1.29, 1.82) is 0 Å². The third-order valence-electron chi connectivity index (χ3n) is 5.50. The van der Waals surface area contributed by atoms with Crippen molar-refractivity contribution in [2.75, 3.05) is 13.7 Å². The predicted molar refractivity (Wildman–Crippen MR) is 105 cm³/mol. The second-order valence-electron chi connectivity index (χ2n) is 7.38. The SMILES string of the molecule is CN(C(=O)c1cc2cc(F)cnc2[nH]1)[C@@H]1COCc2[nH]c(=O)c3cc(F)c(F)cc3c21. The molecule has 0 fully saturated rings. The number of rotatable bonds is 2. The smallest absolute Gasteiger partial charge is 0.270 e. The van der Waals surface area contributed by atoms with Gasteiger partial charge in [-0.3, -0.25) is 9.59 Å². The summed E-state index contributed by atoms with van der Waals surface area (Å²) in [6, 6.07) is 3.86. The Morgan fingerprint density at radius 3 is 2.65 bits per heavy atom. The minimum Gasteiger partial charge on any atom is -0.373 e. The number of aromatic amines is 2. The lowest BCUT2D eigenvalue weighted by Crippen LogP contribution is -2.37. The van der Waals surface area contributed by atoms with Crippen molar-refractivity contribution in [3.63, 3.8) is 0 Å². The van der Waals surface area contributed by atoms with Crippen LogP contribution in [0.1, 0.15) is 27.8 Å². The van der Waals surface area contributed by atoms with Crippen molar-refractivity contribution in [3.05, 3.63) is 75.2 Å². The van der Waals surface area contributed by atoms with Gasteiger partial charge >= 0.3 is 0 Å². The largest absolute Gasteiger partial charge is 0.373 e. The molecule has 0 saturated carbocycles. The lowest BCUT2D eigenvalue weighted by Gasteiger charge is -2.33. The standard InChI is InChI=1S/C21H15F3N4O3/c1-28(21(30)15-3-9-2-10(22)6-25-19(9)26-15)17-8-31-7-16-18(17)11-4-13(23)14(24)5-12(11)20(29)27-16/h2-6,17H,7-8H2,1H3,(H,25,26)(H,27,29)/t17-/m1/s1. The minimum atomic E-state index is -1.14. The summed E-state index contributed by atoms with van der Waals surface area (Å²) >= 11 is 0. The number of hydrogen-bond acceptors (Lipinski definition) is 4. The van der Waals surface area contributed by atoms with Gasteiger partial charge in [0.1, 0.15) is 17.2 Å². The first-order valence-corrected chi connectivity index (χ1v) is 9.36. The van der Waals surface area contributed by atoms with Gasteiger partial charge < -0.3 is 19.6 Å². The van der Waals surface area contributed by atoms with Crippen molar-refractivity contribution in [2.45, 2.75) is 12.6 Å². The zero-order valence-electron chi connectivity index (χ0n) is 16.1. The number of carbonyl (C=O) groups excluding carboxylic acids is 1. The van der Waals surface area contributed by atoms with Crippen LogP contribution in [0.15, 0.2) is 35.3 Å². The van der Waals surface area contributed by atoms with Crippen LogP contribution in [0.4, 0.5) is 13.2 Å². The molecule has 4 heterocycles. The molecule has 2 N–H and O–H groups in total. The van der Waals surface area contributed by atoms with Gasteiger partial charge in [0.25, 0.3) is 11.5 Å². The van der Waals surface area contributed by atoms with Gasteiger partial charge in [0, 0.05) is 23.7 Å². The van der Waals surface area contributed by atoms with Crippen LogP contribution in [0.5, 0.6) is 0 Å². The fraction of sp³-hybridized carbons (Fsp3) is 0.190. The Morgan fingerprint density at radius 1 is 1.13 bits per heavy atom. The van der Waals surface area contributed by atoms with Gasteiger partial charge in [-0.25, -0.2) is 18.2 Å². The summed E-state index contributed by atoms with van der Waals surface area (Å²) < 4.78 is 46.7. The molecule has 1 aliphatic heterocycles. The van der Waals surface area contributed by atoms with Crippen molar-refractivity contribution in [3.8, 4) is 0 Å². The molecule has 1 atom stereocenters. The Labute approximate surface area is 172 Å². The van der Waals surface area contributed by atoms with Crippen molar-refractivity contribution in [2.24, 2.45) is 0 Å². The normalized spacial score (nSPS) is 15.9. The van der Waals surface area contributed by atoms with Gasteiger partial charge in [-0.15, -0.1) is 0 Å². The van der Waals surface area contributed by atoms with Crippen molar-refractivity contribution < 1.29 is 22.7 Å². The molecule has 0 unspecified atom stereocenters. The number of likely N-dealkylation sites (N-methyl/N-ethyl adjacent to an activating group) is 1. The second-order valence-corrected chi connectivity index (χ2v) is 7.38. The molecule has 0 saturated heterocycles. The summed E-state index contributed by atoms with van der Waals surface area (Å²) in [6.07, 6.45) is 1.04. The number of amides is 1. The fourth-order valence-electron chi connectivity index (χ4n) is 3.98. The Morgan fingerprint density at radius 2 is 1.87 bits per heavy atom. The van der Waals surface area contributed by atoms with Crippen LogP contribution in [-0.4, -0.2) is 39.4 Å². The first kappa shape index (κ1) is 19.3. The molecule has 0 spiro atoms. The van der Waals surface area contributed by atoms with E-state index in [1.807, 2.05) is 0 Å². The molecule has 1 aromatic carbocycles. The van der Waals surface area contributed by atoms with E-state index in [0.29, 0.717) is 22.3 Å². The summed E-state index contributed by atoms with van der Waals surface area (Å²) in [6.45, 7) is 0.149. The van der Waals surface area contributed by atoms with Crippen LogP contribution in [-0.2, 0) is 11.3 Å². The van der Waals surface area contributed by atoms with E-state index in [9.17, 15) is 22.8 Å². The zero-order valence-corrected chi connectivity index (χ0v) is 16.1. The number of H-pyrrole nitrogens is 2. The lowest BCUT2D eigenvalue weighted by atomic mass is 9.95. The maximum Gasteiger partial charge on any atom is 0.270 e. The number of fused-ring (bicyclic) bond motifs is 4. The van der Waals surface area contributed by atoms with E-state index in [1.165, 1.54) is 24.1 Å². The highest BCUT2D eigenvalue weighted by molar-refractivity contribution is 5.98. The number of halogens is 3. The summed E-state index contributed by atoms with van der Waals surface area (Å²) in [5, 5.41) is 0.631. The zero-order chi connectivity index (χ0) is 21.9. The number of hydrogen-bond donors (Lipinski definition) is 2. The van der Waals surface area contributed by atoms with Gasteiger partial charge in [0.15, 0.2) is 11.6 Å². The van der Waals surface area contributed by atoms with Crippen LogP contribution in [0.3, 0.4) is 0 Å². The predicted octanol–water partition coefficient (Wildman–Crippen LogP) is 3.17. The highest BCUT2D eigenvalue weighted by Crippen LogP contribution is 2.34. The Kier molecular flexibility index (Phi) is 4.33. The third kappa shape index (κ3) is 3.07. The van der Waals surface area contributed by atoms with Crippen molar-refractivity contribution in [1.82, 2.24) is 19.9 Å². The molecule has 31 heavy (non-hydrogen) atoms. The molecular formula is C21H15F3N4O3. The Bertz CT molecular complexity index is 1430. The van der Waals surface area contributed by atoms with Crippen molar-refractivity contribution >= 4 is 27.7 Å². The minimum absolute atomic E-state index is 0.0179. The molecule has 1 amide bonds. The molecule has 4 aromatic rings. The van der Waals surface area contributed by atoms with E-state index in [4.69, 9.17) is 4.74 Å². The Balaban J connectivity index is 1.61. The number of pyridine rings is 2. The maximum atomic E-state index is 14.0. The number of nitrogens with one attached hydrogen (secondary N) is 2. The molecule has 3 aromatic heterocycles. The summed E-state index contributed by atoms with van der Waals surface area (Å²) in [4.78, 5) is 36.3. The highest BCUT2D eigenvalue weighted by Gasteiger charge is 2.32. The van der Waals surface area contributed by atoms with E-state index >= 15 is 0 Å². The monoisotopic (exact) mass is 428 g/mol. The molecule has 1 aliphatic rings. The lowest BCUT2D eigenvalue weighted by molar-refractivity contribution is 0.0333. The van der Waals surface area contributed by atoms with E-state index in [2.05, 4.69) is 15.0 Å². The average molecular weight is 428 g/mol. The molecule has 158 valence electrons. The van der Waals surface area contributed by atoms with E-state index in [1.54, 1.807) is 0 Å². The topological polar surface area (TPSA) is 91.1 Å². The summed E-state index contributed by atoms with van der Waals surface area (Å²) in [7, 11) is 1.53. The molecule has 10 heteroatoms. The molecule has 0 bridgehead atoms. The molecule has 0 radical (unpaired) electrons. The molecule has 5 rings (SSSR count). The molecule has 7 nitrogen and oxygen atoms in total. The van der Waals surface area contributed by atoms with Crippen LogP contribution in [0, 0.1) is 17.5 Å². The van der Waals surface area contributed by atoms with Crippen LogP contribution in [0.25, 0.3) is 21.8 Å². The number of benzene rings is 1. The summed E-state index contributed by atoms with van der Waals surface area (Å²) in [5.41, 5.74) is 0.824. The van der Waals surface area contributed by atoms with Gasteiger partial charge in [-0.1, -0.05) is 0 Å². The van der Waals surface area contributed by atoms with Gasteiger partial charge in [-0.05, 0) is 29.7 Å². The average Bonchev–Trinajstić information content (AvgIpc) is 3.17. The van der Waals surface area contributed by atoms with E-state index in [-0.39, 0.29) is 29.7 Å². The molecular weight excluding hydrogens is 413 g/mol. The first-order chi connectivity index (χ1) is 14.8. The molecule has 0 aliphatic carbocycles. The first-order valence-electron chi connectivity index (χ1n) is 9.36. The summed E-state index contributed by atoms with van der Waals surface area (Å²) in [5.74, 6) is -3.20. The quantitative estimate of drug-likeness (QED) is 0.513. The number of carbonyl (C=O) groups is 1.